The average Bonchev–Trinajstić information content (AvgIpc) is 3.12. The second-order valence-corrected chi connectivity index (χ2v) is 6.23. The number of carbonyl (C=O) groups is 1. The van der Waals surface area contributed by atoms with Crippen LogP contribution in [-0.2, 0) is 0 Å². The molecule has 26 heavy (non-hydrogen) atoms. The smallest absolute Gasteiger partial charge is 0.335 e. The van der Waals surface area contributed by atoms with Crippen molar-refractivity contribution < 1.29 is 24.5 Å². The summed E-state index contributed by atoms with van der Waals surface area (Å²) in [6.07, 6.45) is 0. The van der Waals surface area contributed by atoms with E-state index in [-0.39, 0.29) is 11.3 Å². The van der Waals surface area contributed by atoms with Gasteiger partial charge in [-0.25, -0.2) is 9.78 Å². The number of carboxylic acids is 1. The molecule has 0 fully saturated rings. The van der Waals surface area contributed by atoms with Crippen molar-refractivity contribution in [2.75, 3.05) is 13.7 Å². The van der Waals surface area contributed by atoms with E-state index in [0.29, 0.717) is 29.4 Å². The number of aromatic carboxylic acids is 1. The normalized spacial score (nSPS) is 10.5. The summed E-state index contributed by atoms with van der Waals surface area (Å²) in [5.74, 6) is 0.189. The number of thiazole rings is 1. The number of benzene rings is 2. The molecule has 134 valence electrons. The molecule has 0 saturated heterocycles. The monoisotopic (exact) mass is 371 g/mol. The molecular formula is C19H17NO5S. The molecule has 0 aliphatic rings. The van der Waals surface area contributed by atoms with E-state index >= 15 is 0 Å². The van der Waals surface area contributed by atoms with Gasteiger partial charge < -0.3 is 19.7 Å². The summed E-state index contributed by atoms with van der Waals surface area (Å²) in [7, 11) is 1.58. The summed E-state index contributed by atoms with van der Waals surface area (Å²) >= 11 is 1.39. The van der Waals surface area contributed by atoms with Gasteiger partial charge in [-0.15, -0.1) is 11.3 Å². The largest absolute Gasteiger partial charge is 0.507 e. The predicted octanol–water partition coefficient (Wildman–Crippen LogP) is 4.29. The third-order valence-corrected chi connectivity index (χ3v) is 4.63. The van der Waals surface area contributed by atoms with Gasteiger partial charge in [0.05, 0.1) is 25.0 Å². The summed E-state index contributed by atoms with van der Waals surface area (Å²) in [5.41, 5.74) is 1.83. The first-order chi connectivity index (χ1) is 12.5. The van der Waals surface area contributed by atoms with E-state index in [2.05, 4.69) is 4.98 Å². The highest BCUT2D eigenvalue weighted by Gasteiger charge is 2.14. The van der Waals surface area contributed by atoms with Crippen molar-refractivity contribution in [2.45, 2.75) is 6.92 Å². The molecule has 0 saturated carbocycles. The molecule has 2 N–H and O–H groups in total. The number of hydrogen-bond donors (Lipinski definition) is 2. The fraction of sp³-hybridized carbons (Fsp3) is 0.158. The number of aromatic hydroxyl groups is 1. The number of aromatic nitrogens is 1. The number of hydrogen-bond acceptors (Lipinski definition) is 6. The molecule has 0 unspecified atom stereocenters. The van der Waals surface area contributed by atoms with Gasteiger partial charge in [0.25, 0.3) is 0 Å². The number of carboxylic acid groups (broad SMARTS) is 1. The Labute approximate surface area is 154 Å². The van der Waals surface area contributed by atoms with Crippen molar-refractivity contribution in [1.82, 2.24) is 4.98 Å². The zero-order valence-corrected chi connectivity index (χ0v) is 15.0. The summed E-state index contributed by atoms with van der Waals surface area (Å²) in [6, 6.07) is 9.65. The van der Waals surface area contributed by atoms with Gasteiger partial charge in [-0.1, -0.05) is 0 Å². The van der Waals surface area contributed by atoms with E-state index in [0.717, 1.165) is 10.6 Å². The zero-order chi connectivity index (χ0) is 18.7. The first-order valence-electron chi connectivity index (χ1n) is 7.87. The Bertz CT molecular complexity index is 951. The quantitative estimate of drug-likeness (QED) is 0.672. The highest BCUT2D eigenvalue weighted by molar-refractivity contribution is 7.13. The molecular weight excluding hydrogens is 354 g/mol. The molecule has 0 spiro atoms. The van der Waals surface area contributed by atoms with Crippen LogP contribution in [0.3, 0.4) is 0 Å². The molecule has 2 aromatic carbocycles. The molecule has 0 aliphatic heterocycles. The van der Waals surface area contributed by atoms with Crippen LogP contribution >= 0.6 is 11.3 Å². The van der Waals surface area contributed by atoms with E-state index in [1.165, 1.54) is 29.5 Å². The van der Waals surface area contributed by atoms with Crippen LogP contribution in [0.4, 0.5) is 0 Å². The molecule has 7 heteroatoms. The van der Waals surface area contributed by atoms with Crippen molar-refractivity contribution in [3.8, 4) is 39.1 Å². The van der Waals surface area contributed by atoms with E-state index in [4.69, 9.17) is 14.6 Å². The number of phenols is 1. The van der Waals surface area contributed by atoms with Crippen LogP contribution < -0.4 is 9.47 Å². The Morgan fingerprint density at radius 1 is 1.19 bits per heavy atom. The summed E-state index contributed by atoms with van der Waals surface area (Å²) in [4.78, 5) is 15.7. The van der Waals surface area contributed by atoms with Gasteiger partial charge >= 0.3 is 5.97 Å². The van der Waals surface area contributed by atoms with Gasteiger partial charge in [-0.3, -0.25) is 0 Å². The maximum absolute atomic E-state index is 11.2. The van der Waals surface area contributed by atoms with Gasteiger partial charge in [-0.05, 0) is 43.3 Å². The lowest BCUT2D eigenvalue weighted by molar-refractivity contribution is 0.0697. The number of ether oxygens (including phenoxy) is 2. The fourth-order valence-electron chi connectivity index (χ4n) is 2.48. The van der Waals surface area contributed by atoms with Crippen LogP contribution in [0.1, 0.15) is 17.3 Å². The molecule has 0 bridgehead atoms. The van der Waals surface area contributed by atoms with Gasteiger partial charge in [0.15, 0.2) is 11.5 Å². The Kier molecular flexibility index (Phi) is 5.09. The minimum absolute atomic E-state index is 0.0170. The van der Waals surface area contributed by atoms with Crippen LogP contribution in [0.5, 0.6) is 17.2 Å². The molecule has 0 aliphatic carbocycles. The van der Waals surface area contributed by atoms with Crippen LogP contribution in [0.15, 0.2) is 41.8 Å². The van der Waals surface area contributed by atoms with Crippen LogP contribution in [0, 0.1) is 0 Å². The number of nitrogens with zero attached hydrogens (tertiary/aromatic N) is 1. The molecule has 0 amide bonds. The topological polar surface area (TPSA) is 88.9 Å². The average molecular weight is 371 g/mol. The van der Waals surface area contributed by atoms with Crippen molar-refractivity contribution in [3.63, 3.8) is 0 Å². The van der Waals surface area contributed by atoms with E-state index in [9.17, 15) is 9.90 Å². The number of methoxy groups -OCH3 is 1. The lowest BCUT2D eigenvalue weighted by Crippen LogP contribution is -1.96. The highest BCUT2D eigenvalue weighted by atomic mass is 32.1. The molecule has 0 radical (unpaired) electrons. The Balaban J connectivity index is 1.99. The predicted molar refractivity (Wildman–Crippen MR) is 99.3 cm³/mol. The highest BCUT2D eigenvalue weighted by Crippen LogP contribution is 2.37. The SMILES string of the molecule is CCOc1cc(-c2nc(-c3cc(C(=O)O)ccc3O)cs2)ccc1OC. The second kappa shape index (κ2) is 7.45. The van der Waals surface area contributed by atoms with Gasteiger partial charge in [0.1, 0.15) is 10.8 Å². The van der Waals surface area contributed by atoms with Gasteiger partial charge in [0.2, 0.25) is 0 Å². The zero-order valence-electron chi connectivity index (χ0n) is 14.2. The van der Waals surface area contributed by atoms with Crippen molar-refractivity contribution >= 4 is 17.3 Å². The maximum atomic E-state index is 11.2. The van der Waals surface area contributed by atoms with Crippen molar-refractivity contribution in [3.05, 3.63) is 47.3 Å². The third kappa shape index (κ3) is 3.48. The minimum atomic E-state index is -1.06. The molecule has 1 aromatic heterocycles. The Hall–Kier alpha value is -3.06. The van der Waals surface area contributed by atoms with Crippen molar-refractivity contribution in [2.24, 2.45) is 0 Å². The molecule has 6 nitrogen and oxygen atoms in total. The van der Waals surface area contributed by atoms with Crippen LogP contribution in [0.2, 0.25) is 0 Å². The maximum Gasteiger partial charge on any atom is 0.335 e. The first-order valence-corrected chi connectivity index (χ1v) is 8.75. The summed E-state index contributed by atoms with van der Waals surface area (Å²) < 4.78 is 10.9. The molecule has 1 heterocycles. The van der Waals surface area contributed by atoms with E-state index < -0.39 is 5.97 Å². The Morgan fingerprint density at radius 2 is 2.00 bits per heavy atom. The number of phenolic OH excluding ortho intramolecular Hbond substituents is 1. The van der Waals surface area contributed by atoms with Crippen molar-refractivity contribution in [1.29, 1.82) is 0 Å². The third-order valence-electron chi connectivity index (χ3n) is 3.73. The minimum Gasteiger partial charge on any atom is -0.507 e. The number of rotatable bonds is 6. The summed E-state index contributed by atoms with van der Waals surface area (Å²) in [5, 5.41) is 21.7. The standard InChI is InChI=1S/C19H17NO5S/c1-3-25-17-9-11(5-7-16(17)24-2)18-20-14(10-26-18)13-8-12(19(22)23)4-6-15(13)21/h4-10,21H,3H2,1-2H3,(H,22,23). The molecule has 0 atom stereocenters. The van der Waals surface area contributed by atoms with Gasteiger partial charge in [0, 0.05) is 16.5 Å². The van der Waals surface area contributed by atoms with E-state index in [1.54, 1.807) is 12.5 Å². The lowest BCUT2D eigenvalue weighted by atomic mass is 10.1. The molecule has 3 rings (SSSR count). The van der Waals surface area contributed by atoms with Crippen LogP contribution in [-0.4, -0.2) is 34.9 Å². The second-order valence-electron chi connectivity index (χ2n) is 5.37. The van der Waals surface area contributed by atoms with Gasteiger partial charge in [-0.2, -0.15) is 0 Å². The van der Waals surface area contributed by atoms with Crippen LogP contribution in [0.25, 0.3) is 21.8 Å². The lowest BCUT2D eigenvalue weighted by Gasteiger charge is -2.10. The van der Waals surface area contributed by atoms with E-state index in [1.807, 2.05) is 25.1 Å². The summed E-state index contributed by atoms with van der Waals surface area (Å²) in [6.45, 7) is 2.41. The molecule has 3 aromatic rings. The Morgan fingerprint density at radius 3 is 2.69 bits per heavy atom. The fourth-order valence-corrected chi connectivity index (χ4v) is 3.30. The first kappa shape index (κ1) is 17.8.